The molecule has 0 aliphatic heterocycles. The maximum absolute atomic E-state index is 6.26. The minimum Gasteiger partial charge on any atom is -0.323 e. The van der Waals surface area contributed by atoms with Crippen LogP contribution in [0, 0.1) is 0 Å². The molecule has 0 saturated carbocycles. The summed E-state index contributed by atoms with van der Waals surface area (Å²) in [6.45, 7) is 0. The van der Waals surface area contributed by atoms with Gasteiger partial charge in [0.05, 0.1) is 21.7 Å². The molecule has 5 rings (SSSR count). The second-order valence-corrected chi connectivity index (χ2v) is 6.67. The maximum Gasteiger partial charge on any atom is 0.229 e. The van der Waals surface area contributed by atoms with E-state index in [1.807, 2.05) is 72.8 Å². The number of para-hydroxylation sites is 3. The smallest absolute Gasteiger partial charge is 0.229 e. The van der Waals surface area contributed by atoms with Gasteiger partial charge in [-0.1, -0.05) is 48.0 Å². The number of halogens is 1. The summed E-state index contributed by atoms with van der Waals surface area (Å²) in [5.41, 5.74) is 2.52. The zero-order chi connectivity index (χ0) is 18.9. The Kier molecular flexibility index (Phi) is 4.03. The van der Waals surface area contributed by atoms with Gasteiger partial charge in [-0.3, -0.25) is 5.10 Å². The molecule has 0 fully saturated rings. The first-order valence-electron chi connectivity index (χ1n) is 8.76. The molecule has 2 aromatic heterocycles. The zero-order valence-electron chi connectivity index (χ0n) is 14.6. The SMILES string of the molecule is Clc1ccccc1Nc1nc(Nc2n[nH]c3ccccc23)c2ccccc2n1. The first-order chi connectivity index (χ1) is 13.8. The van der Waals surface area contributed by atoms with E-state index in [-0.39, 0.29) is 0 Å². The molecule has 0 aliphatic rings. The molecule has 5 aromatic rings. The quantitative estimate of drug-likeness (QED) is 0.372. The lowest BCUT2D eigenvalue weighted by atomic mass is 10.2. The highest BCUT2D eigenvalue weighted by molar-refractivity contribution is 6.33. The van der Waals surface area contributed by atoms with Crippen LogP contribution in [0.1, 0.15) is 0 Å². The molecule has 0 bridgehead atoms. The van der Waals surface area contributed by atoms with Crippen molar-refractivity contribution in [3.63, 3.8) is 0 Å². The number of anilines is 4. The second-order valence-electron chi connectivity index (χ2n) is 6.26. The van der Waals surface area contributed by atoms with E-state index in [0.29, 0.717) is 22.6 Å². The Bertz CT molecular complexity index is 1300. The normalized spacial score (nSPS) is 11.0. The topological polar surface area (TPSA) is 78.5 Å². The fourth-order valence-corrected chi connectivity index (χ4v) is 3.26. The lowest BCUT2D eigenvalue weighted by molar-refractivity contribution is 1.11. The van der Waals surface area contributed by atoms with E-state index in [1.54, 1.807) is 0 Å². The van der Waals surface area contributed by atoms with E-state index < -0.39 is 0 Å². The molecule has 0 amide bonds. The number of hydrogen-bond acceptors (Lipinski definition) is 5. The van der Waals surface area contributed by atoms with Crippen LogP contribution in [0.25, 0.3) is 21.8 Å². The number of nitrogens with one attached hydrogen (secondary N) is 3. The molecule has 0 aliphatic carbocycles. The zero-order valence-corrected chi connectivity index (χ0v) is 15.4. The van der Waals surface area contributed by atoms with Crippen molar-refractivity contribution in [2.24, 2.45) is 0 Å². The van der Waals surface area contributed by atoms with E-state index in [2.05, 4.69) is 30.8 Å². The lowest BCUT2D eigenvalue weighted by Crippen LogP contribution is -2.03. The summed E-state index contributed by atoms with van der Waals surface area (Å²) in [5.74, 6) is 1.83. The van der Waals surface area contributed by atoms with E-state index in [9.17, 15) is 0 Å². The van der Waals surface area contributed by atoms with Crippen molar-refractivity contribution >= 4 is 56.7 Å². The summed E-state index contributed by atoms with van der Waals surface area (Å²) < 4.78 is 0. The summed E-state index contributed by atoms with van der Waals surface area (Å²) in [6.07, 6.45) is 0. The first kappa shape index (κ1) is 16.5. The van der Waals surface area contributed by atoms with Crippen LogP contribution in [0.5, 0.6) is 0 Å². The molecule has 0 spiro atoms. The third kappa shape index (κ3) is 3.00. The Morgan fingerprint density at radius 1 is 0.714 bits per heavy atom. The first-order valence-corrected chi connectivity index (χ1v) is 9.14. The van der Waals surface area contributed by atoms with Gasteiger partial charge in [0.1, 0.15) is 5.82 Å². The number of nitrogens with zero attached hydrogens (tertiary/aromatic N) is 3. The van der Waals surface area contributed by atoms with Gasteiger partial charge in [-0.2, -0.15) is 10.1 Å². The molecule has 0 unspecified atom stereocenters. The van der Waals surface area contributed by atoms with Gasteiger partial charge in [-0.25, -0.2) is 4.98 Å². The molecular formula is C21H15ClN6. The van der Waals surface area contributed by atoms with Crippen LogP contribution >= 0.6 is 11.6 Å². The standard InChI is InChI=1S/C21H15ClN6/c22-15-9-3-6-12-18(15)24-21-23-16-10-4-1-7-13(16)19(26-21)25-20-14-8-2-5-11-17(14)27-28-20/h1-12H,(H3,23,24,25,26,27,28). The van der Waals surface area contributed by atoms with Crippen molar-refractivity contribution in [3.8, 4) is 0 Å². The van der Waals surface area contributed by atoms with Gasteiger partial charge in [0, 0.05) is 10.8 Å². The number of benzene rings is 3. The summed E-state index contributed by atoms with van der Waals surface area (Å²) in [5, 5.41) is 16.5. The average Bonchev–Trinajstić information content (AvgIpc) is 3.13. The van der Waals surface area contributed by atoms with Crippen molar-refractivity contribution in [3.05, 3.63) is 77.8 Å². The Morgan fingerprint density at radius 2 is 1.46 bits per heavy atom. The van der Waals surface area contributed by atoms with Crippen LogP contribution in [-0.2, 0) is 0 Å². The Labute approximate surface area is 165 Å². The number of hydrogen-bond donors (Lipinski definition) is 3. The van der Waals surface area contributed by atoms with Crippen molar-refractivity contribution in [1.29, 1.82) is 0 Å². The average molecular weight is 387 g/mol. The van der Waals surface area contributed by atoms with E-state index in [0.717, 1.165) is 27.5 Å². The van der Waals surface area contributed by atoms with Gasteiger partial charge in [-0.05, 0) is 36.4 Å². The van der Waals surface area contributed by atoms with Crippen LogP contribution in [0.15, 0.2) is 72.8 Å². The molecular weight excluding hydrogens is 372 g/mol. The van der Waals surface area contributed by atoms with Gasteiger partial charge in [-0.15, -0.1) is 0 Å². The fourth-order valence-electron chi connectivity index (χ4n) is 3.08. The van der Waals surface area contributed by atoms with Crippen molar-refractivity contribution in [2.45, 2.75) is 0 Å². The molecule has 3 N–H and O–H groups in total. The summed E-state index contributed by atoms with van der Waals surface area (Å²) >= 11 is 6.26. The predicted octanol–water partition coefficient (Wildman–Crippen LogP) is 5.65. The van der Waals surface area contributed by atoms with Gasteiger partial charge >= 0.3 is 0 Å². The third-order valence-electron chi connectivity index (χ3n) is 4.43. The summed E-state index contributed by atoms with van der Waals surface area (Å²) in [6, 6.07) is 23.3. The van der Waals surface area contributed by atoms with E-state index in [4.69, 9.17) is 11.6 Å². The van der Waals surface area contributed by atoms with Gasteiger partial charge < -0.3 is 10.6 Å². The predicted molar refractivity (Wildman–Crippen MR) is 114 cm³/mol. The van der Waals surface area contributed by atoms with Crippen LogP contribution in [0.3, 0.4) is 0 Å². The van der Waals surface area contributed by atoms with Gasteiger partial charge in [0.15, 0.2) is 5.82 Å². The molecule has 0 saturated heterocycles. The van der Waals surface area contributed by atoms with Crippen molar-refractivity contribution in [2.75, 3.05) is 10.6 Å². The second kappa shape index (κ2) is 6.83. The molecule has 0 atom stereocenters. The minimum absolute atomic E-state index is 0.453. The maximum atomic E-state index is 6.26. The van der Waals surface area contributed by atoms with Gasteiger partial charge in [0.2, 0.25) is 5.95 Å². The number of aromatic amines is 1. The molecule has 28 heavy (non-hydrogen) atoms. The van der Waals surface area contributed by atoms with Gasteiger partial charge in [0.25, 0.3) is 0 Å². The third-order valence-corrected chi connectivity index (χ3v) is 4.76. The summed E-state index contributed by atoms with van der Waals surface area (Å²) in [4.78, 5) is 9.29. The van der Waals surface area contributed by atoms with Crippen molar-refractivity contribution < 1.29 is 0 Å². The Hall–Kier alpha value is -3.64. The number of H-pyrrole nitrogens is 1. The lowest BCUT2D eigenvalue weighted by Gasteiger charge is -2.11. The highest BCUT2D eigenvalue weighted by Crippen LogP contribution is 2.30. The number of fused-ring (bicyclic) bond motifs is 2. The molecule has 7 heteroatoms. The summed E-state index contributed by atoms with van der Waals surface area (Å²) in [7, 11) is 0. The monoisotopic (exact) mass is 386 g/mol. The highest BCUT2D eigenvalue weighted by Gasteiger charge is 2.12. The molecule has 136 valence electrons. The number of rotatable bonds is 4. The van der Waals surface area contributed by atoms with Crippen molar-refractivity contribution in [1.82, 2.24) is 20.2 Å². The molecule has 0 radical (unpaired) electrons. The van der Waals surface area contributed by atoms with Crippen LogP contribution < -0.4 is 10.6 Å². The Balaban J connectivity index is 1.60. The largest absolute Gasteiger partial charge is 0.323 e. The van der Waals surface area contributed by atoms with Crippen LogP contribution in [-0.4, -0.2) is 20.2 Å². The molecule has 6 nitrogen and oxygen atoms in total. The Morgan fingerprint density at radius 3 is 2.36 bits per heavy atom. The number of aromatic nitrogens is 4. The molecule has 2 heterocycles. The fraction of sp³-hybridized carbons (Fsp3) is 0. The minimum atomic E-state index is 0.453. The van der Waals surface area contributed by atoms with E-state index >= 15 is 0 Å². The van der Waals surface area contributed by atoms with Crippen LogP contribution in [0.2, 0.25) is 5.02 Å². The van der Waals surface area contributed by atoms with Crippen LogP contribution in [0.4, 0.5) is 23.3 Å². The van der Waals surface area contributed by atoms with E-state index in [1.165, 1.54) is 0 Å². The molecule has 3 aromatic carbocycles. The highest BCUT2D eigenvalue weighted by atomic mass is 35.5.